The van der Waals surface area contributed by atoms with E-state index in [0.717, 1.165) is 21.5 Å². The van der Waals surface area contributed by atoms with Crippen LogP contribution in [0.4, 0.5) is 5.13 Å². The van der Waals surface area contributed by atoms with Crippen molar-refractivity contribution in [3.05, 3.63) is 88.8 Å². The molecule has 2 aromatic carbocycles. The summed E-state index contributed by atoms with van der Waals surface area (Å²) in [5, 5.41) is 13.3. The number of carbonyl (C=O) groups excluding carboxylic acids is 1. The van der Waals surface area contributed by atoms with Gasteiger partial charge in [0.25, 0.3) is 5.91 Å². The van der Waals surface area contributed by atoms with Gasteiger partial charge in [0.1, 0.15) is 5.75 Å². The zero-order chi connectivity index (χ0) is 25.2. The number of ether oxygens (including phenoxy) is 1. The lowest BCUT2D eigenvalue weighted by molar-refractivity contribution is 0.102. The number of aromatic nitrogens is 3. The number of fused-ring (bicyclic) bond motifs is 1. The molecule has 176 valence electrons. The number of amides is 1. The maximum atomic E-state index is 13.3. The zero-order valence-corrected chi connectivity index (χ0v) is 20.8. The van der Waals surface area contributed by atoms with E-state index in [0.29, 0.717) is 43.8 Å². The quantitative estimate of drug-likeness (QED) is 0.288. The molecule has 3 heterocycles. The van der Waals surface area contributed by atoms with Crippen molar-refractivity contribution in [2.45, 2.75) is 6.92 Å². The number of methoxy groups -OCH3 is 1. The number of anilines is 1. The van der Waals surface area contributed by atoms with E-state index in [-0.39, 0.29) is 5.91 Å². The third-order valence-electron chi connectivity index (χ3n) is 5.55. The van der Waals surface area contributed by atoms with Crippen LogP contribution in [0.25, 0.3) is 32.6 Å². The second-order valence-electron chi connectivity index (χ2n) is 7.92. The van der Waals surface area contributed by atoms with Crippen molar-refractivity contribution < 1.29 is 9.53 Å². The van der Waals surface area contributed by atoms with Gasteiger partial charge in [-0.05, 0) is 55.0 Å². The molecule has 36 heavy (non-hydrogen) atoms. The van der Waals surface area contributed by atoms with Crippen LogP contribution in [0.5, 0.6) is 5.75 Å². The minimum atomic E-state index is -0.376. The van der Waals surface area contributed by atoms with Crippen LogP contribution in [-0.2, 0) is 0 Å². The molecule has 0 aliphatic heterocycles. The molecule has 7 nitrogen and oxygen atoms in total. The second-order valence-corrected chi connectivity index (χ2v) is 9.39. The summed E-state index contributed by atoms with van der Waals surface area (Å²) in [6.45, 7) is 1.84. The fourth-order valence-electron chi connectivity index (χ4n) is 3.79. The van der Waals surface area contributed by atoms with Crippen LogP contribution in [-0.4, -0.2) is 28.0 Å². The molecule has 9 heteroatoms. The average Bonchev–Trinajstić information content (AvgIpc) is 3.30. The van der Waals surface area contributed by atoms with Crippen LogP contribution in [0.15, 0.2) is 67.0 Å². The summed E-state index contributed by atoms with van der Waals surface area (Å²) in [5.74, 6) is 0.173. The Morgan fingerprint density at radius 3 is 2.58 bits per heavy atom. The second kappa shape index (κ2) is 9.74. The number of thiazole rings is 1. The number of hydrogen-bond acceptors (Lipinski definition) is 7. The molecular formula is C27H18ClN5O2S. The van der Waals surface area contributed by atoms with Crippen LogP contribution < -0.4 is 10.1 Å². The zero-order valence-electron chi connectivity index (χ0n) is 19.2. The fraction of sp³-hybridized carbons (Fsp3) is 0.0741. The van der Waals surface area contributed by atoms with Crippen LogP contribution in [0.1, 0.15) is 21.6 Å². The number of pyridine rings is 2. The Morgan fingerprint density at radius 2 is 1.83 bits per heavy atom. The number of nitriles is 1. The SMILES string of the molecule is COc1ccc(C#N)cc1-c1cc(C)ncc1C(=O)Nc1nc2ncc(-c3ccc(Cl)cc3)cc2s1. The highest BCUT2D eigenvalue weighted by Gasteiger charge is 2.19. The molecule has 0 saturated heterocycles. The number of nitrogens with one attached hydrogen (secondary N) is 1. The first-order valence-corrected chi connectivity index (χ1v) is 12.0. The molecule has 3 aromatic heterocycles. The summed E-state index contributed by atoms with van der Waals surface area (Å²) < 4.78 is 6.34. The number of hydrogen-bond donors (Lipinski definition) is 1. The maximum absolute atomic E-state index is 13.3. The van der Waals surface area contributed by atoms with E-state index < -0.39 is 0 Å². The monoisotopic (exact) mass is 511 g/mol. The molecule has 0 spiro atoms. The Bertz CT molecular complexity index is 1660. The molecule has 0 radical (unpaired) electrons. The van der Waals surface area contributed by atoms with E-state index in [1.54, 1.807) is 37.6 Å². The highest BCUT2D eigenvalue weighted by molar-refractivity contribution is 7.22. The number of aryl methyl sites for hydroxylation is 1. The lowest BCUT2D eigenvalue weighted by Gasteiger charge is -2.13. The van der Waals surface area contributed by atoms with Gasteiger partial charge in [0.05, 0.1) is 29.0 Å². The normalized spacial score (nSPS) is 10.7. The van der Waals surface area contributed by atoms with Crippen LogP contribution in [0.3, 0.4) is 0 Å². The van der Waals surface area contributed by atoms with Gasteiger partial charge in [-0.1, -0.05) is 35.1 Å². The van der Waals surface area contributed by atoms with E-state index >= 15 is 0 Å². The van der Waals surface area contributed by atoms with Crippen LogP contribution in [0, 0.1) is 18.3 Å². The van der Waals surface area contributed by atoms with Gasteiger partial charge in [0.2, 0.25) is 0 Å². The van der Waals surface area contributed by atoms with Crippen LogP contribution in [0.2, 0.25) is 5.02 Å². The highest BCUT2D eigenvalue weighted by Crippen LogP contribution is 2.35. The molecule has 0 saturated carbocycles. The largest absolute Gasteiger partial charge is 0.496 e. The van der Waals surface area contributed by atoms with Gasteiger partial charge < -0.3 is 4.74 Å². The number of benzene rings is 2. The first-order valence-electron chi connectivity index (χ1n) is 10.8. The van der Waals surface area contributed by atoms with E-state index in [9.17, 15) is 10.1 Å². The van der Waals surface area contributed by atoms with Gasteiger partial charge in [-0.25, -0.2) is 4.98 Å². The van der Waals surface area contributed by atoms with Crippen molar-refractivity contribution in [2.75, 3.05) is 12.4 Å². The Hall–Kier alpha value is -4.32. The lowest BCUT2D eigenvalue weighted by Crippen LogP contribution is -2.14. The van der Waals surface area contributed by atoms with E-state index in [1.165, 1.54) is 17.5 Å². The van der Waals surface area contributed by atoms with Crippen molar-refractivity contribution in [3.8, 4) is 34.1 Å². The summed E-state index contributed by atoms with van der Waals surface area (Å²) in [6.07, 6.45) is 3.26. The molecular weight excluding hydrogens is 494 g/mol. The molecule has 0 bridgehead atoms. The minimum Gasteiger partial charge on any atom is -0.496 e. The highest BCUT2D eigenvalue weighted by atomic mass is 35.5. The lowest BCUT2D eigenvalue weighted by atomic mass is 9.97. The van der Waals surface area contributed by atoms with E-state index in [4.69, 9.17) is 16.3 Å². The van der Waals surface area contributed by atoms with E-state index in [2.05, 4.69) is 26.3 Å². The summed E-state index contributed by atoms with van der Waals surface area (Å²) in [6, 6.07) is 18.5. The summed E-state index contributed by atoms with van der Waals surface area (Å²) in [4.78, 5) is 26.6. The van der Waals surface area contributed by atoms with Crippen molar-refractivity contribution in [2.24, 2.45) is 0 Å². The van der Waals surface area contributed by atoms with Crippen molar-refractivity contribution in [1.29, 1.82) is 5.26 Å². The number of carbonyl (C=O) groups is 1. The van der Waals surface area contributed by atoms with Gasteiger partial charge in [-0.2, -0.15) is 10.2 Å². The van der Waals surface area contributed by atoms with Gasteiger partial charge in [0, 0.05) is 39.8 Å². The fourth-order valence-corrected chi connectivity index (χ4v) is 4.77. The van der Waals surface area contributed by atoms with Gasteiger partial charge in [-0.3, -0.25) is 15.1 Å². The van der Waals surface area contributed by atoms with Crippen molar-refractivity contribution in [1.82, 2.24) is 15.0 Å². The van der Waals surface area contributed by atoms with Gasteiger partial charge in [-0.15, -0.1) is 0 Å². The summed E-state index contributed by atoms with van der Waals surface area (Å²) in [7, 11) is 1.55. The first kappa shape index (κ1) is 23.4. The molecule has 0 aliphatic rings. The van der Waals surface area contributed by atoms with Crippen molar-refractivity contribution >= 4 is 44.3 Å². The van der Waals surface area contributed by atoms with Gasteiger partial charge in [0.15, 0.2) is 10.8 Å². The number of rotatable bonds is 5. The molecule has 5 aromatic rings. The topological polar surface area (TPSA) is 101 Å². The molecule has 1 N–H and O–H groups in total. The first-order chi connectivity index (χ1) is 17.4. The summed E-state index contributed by atoms with van der Waals surface area (Å²) in [5.41, 5.74) is 5.21. The minimum absolute atomic E-state index is 0.336. The molecule has 0 aliphatic carbocycles. The third-order valence-corrected chi connectivity index (χ3v) is 6.71. The third kappa shape index (κ3) is 4.62. The summed E-state index contributed by atoms with van der Waals surface area (Å²) >= 11 is 7.33. The predicted octanol–water partition coefficient (Wildman–Crippen LogP) is 6.51. The Labute approximate surface area is 216 Å². The van der Waals surface area contributed by atoms with Crippen LogP contribution >= 0.6 is 22.9 Å². The average molecular weight is 512 g/mol. The molecule has 1 amide bonds. The Balaban J connectivity index is 1.49. The predicted molar refractivity (Wildman–Crippen MR) is 141 cm³/mol. The molecule has 0 fully saturated rings. The van der Waals surface area contributed by atoms with E-state index in [1.807, 2.05) is 37.3 Å². The Morgan fingerprint density at radius 1 is 1.03 bits per heavy atom. The molecule has 0 unspecified atom stereocenters. The smallest absolute Gasteiger partial charge is 0.259 e. The van der Waals surface area contributed by atoms with Gasteiger partial charge >= 0.3 is 0 Å². The molecule has 5 rings (SSSR count). The molecule has 0 atom stereocenters. The Kier molecular flexibility index (Phi) is 6.34. The number of halogens is 1. The number of nitrogens with zero attached hydrogens (tertiary/aromatic N) is 4. The van der Waals surface area contributed by atoms with Crippen molar-refractivity contribution in [3.63, 3.8) is 0 Å². The standard InChI is InChI=1S/C27H18ClN5O2S/c1-15-9-20(21-10-16(12-29)3-8-23(21)35-2)22(14-30-15)26(34)33-27-32-25-24(36-27)11-18(13-31-25)17-4-6-19(28)7-5-17/h3-11,13-14H,1-2H3,(H,31,32,33,34). The maximum Gasteiger partial charge on any atom is 0.259 e.